The van der Waals surface area contributed by atoms with Gasteiger partial charge in [0.1, 0.15) is 0 Å². The molecule has 2 heterocycles. The molecule has 0 radical (unpaired) electrons. The van der Waals surface area contributed by atoms with Crippen LogP contribution in [0.5, 0.6) is 0 Å². The van der Waals surface area contributed by atoms with Crippen LogP contribution in [0.25, 0.3) is 0 Å². The van der Waals surface area contributed by atoms with E-state index in [0.717, 1.165) is 12.1 Å². The van der Waals surface area contributed by atoms with Crippen LogP contribution in [0, 0.1) is 5.41 Å². The van der Waals surface area contributed by atoms with E-state index in [4.69, 9.17) is 0 Å². The average molecular weight is 258 g/mol. The minimum absolute atomic E-state index is 0.693. The lowest BCUT2D eigenvalue weighted by Crippen LogP contribution is -2.43. The van der Waals surface area contributed by atoms with E-state index in [1.165, 1.54) is 56.8 Å². The van der Waals surface area contributed by atoms with E-state index < -0.39 is 0 Å². The fraction of sp³-hybridized carbons (Fsp3) is 1.00. The summed E-state index contributed by atoms with van der Waals surface area (Å²) in [5.74, 6) is 0. The molecule has 0 amide bonds. The summed E-state index contributed by atoms with van der Waals surface area (Å²) in [7, 11) is 0. The first-order valence-corrected chi connectivity index (χ1v) is 7.27. The monoisotopic (exact) mass is 257 g/mol. The van der Waals surface area contributed by atoms with Crippen molar-refractivity contribution in [2.24, 2.45) is 5.41 Å². The van der Waals surface area contributed by atoms with Crippen molar-refractivity contribution in [2.45, 2.75) is 57.0 Å². The van der Waals surface area contributed by atoms with E-state index >= 15 is 0 Å². The van der Waals surface area contributed by atoms with Gasteiger partial charge in [-0.05, 0) is 43.9 Å². The van der Waals surface area contributed by atoms with E-state index in [1.54, 1.807) is 0 Å². The van der Waals surface area contributed by atoms with Crippen molar-refractivity contribution < 1.29 is 0 Å². The number of fused-ring (bicyclic) bond motifs is 2. The maximum Gasteiger partial charge on any atom is 0.0100 e. The van der Waals surface area contributed by atoms with E-state index in [0.29, 0.717) is 5.41 Å². The normalized spacial score (nSPS) is 40.1. The Balaban J connectivity index is 1.67. The van der Waals surface area contributed by atoms with Crippen LogP contribution >= 0.6 is 15.9 Å². The lowest BCUT2D eigenvalue weighted by Gasteiger charge is -2.37. The Hall–Kier alpha value is 0.440. The van der Waals surface area contributed by atoms with Gasteiger partial charge in [0.2, 0.25) is 0 Å². The Kier molecular flexibility index (Phi) is 2.40. The van der Waals surface area contributed by atoms with Gasteiger partial charge in [-0.25, -0.2) is 0 Å². The number of hydrogen-bond donors (Lipinski definition) is 0. The Bertz CT molecular complexity index is 208. The number of alkyl halides is 1. The minimum Gasteiger partial charge on any atom is -0.297 e. The van der Waals surface area contributed by atoms with Crippen molar-refractivity contribution in [1.82, 2.24) is 4.90 Å². The van der Waals surface area contributed by atoms with Gasteiger partial charge in [-0.1, -0.05) is 22.4 Å². The van der Waals surface area contributed by atoms with Gasteiger partial charge in [0.25, 0.3) is 0 Å². The molecule has 2 atom stereocenters. The zero-order chi connectivity index (χ0) is 9.60. The van der Waals surface area contributed by atoms with Crippen LogP contribution < -0.4 is 0 Å². The van der Waals surface area contributed by atoms with Crippen LogP contribution in [0.4, 0.5) is 0 Å². The van der Waals surface area contributed by atoms with Crippen LogP contribution in [0.1, 0.15) is 44.9 Å². The summed E-state index contributed by atoms with van der Waals surface area (Å²) in [6.07, 6.45) is 10.4. The summed E-state index contributed by atoms with van der Waals surface area (Å²) >= 11 is 3.69. The number of hydrogen-bond acceptors (Lipinski definition) is 1. The third-order valence-corrected chi connectivity index (χ3v) is 5.79. The fourth-order valence-corrected chi connectivity index (χ4v) is 4.12. The van der Waals surface area contributed by atoms with Gasteiger partial charge in [-0.3, -0.25) is 4.90 Å². The Morgan fingerprint density at radius 1 is 1.07 bits per heavy atom. The van der Waals surface area contributed by atoms with Gasteiger partial charge in [-0.2, -0.15) is 0 Å². The van der Waals surface area contributed by atoms with Gasteiger partial charge in [-0.15, -0.1) is 0 Å². The van der Waals surface area contributed by atoms with Gasteiger partial charge in [0, 0.05) is 24.0 Å². The summed E-state index contributed by atoms with van der Waals surface area (Å²) in [5.41, 5.74) is 0.693. The summed E-state index contributed by atoms with van der Waals surface area (Å²) in [6.45, 7) is 1.40. The predicted molar refractivity (Wildman–Crippen MR) is 62.8 cm³/mol. The smallest absolute Gasteiger partial charge is 0.0100 e. The van der Waals surface area contributed by atoms with Crippen LogP contribution in [-0.2, 0) is 0 Å². The molecule has 3 aliphatic rings. The number of halogens is 1. The van der Waals surface area contributed by atoms with Gasteiger partial charge in [0.15, 0.2) is 0 Å². The zero-order valence-corrected chi connectivity index (χ0v) is 10.4. The van der Waals surface area contributed by atoms with Crippen molar-refractivity contribution >= 4 is 15.9 Å². The molecule has 2 heteroatoms. The topological polar surface area (TPSA) is 3.24 Å². The molecule has 2 bridgehead atoms. The minimum atomic E-state index is 0.693. The highest BCUT2D eigenvalue weighted by Gasteiger charge is 2.47. The zero-order valence-electron chi connectivity index (χ0n) is 8.84. The second kappa shape index (κ2) is 3.48. The first-order chi connectivity index (χ1) is 6.83. The van der Waals surface area contributed by atoms with E-state index in [2.05, 4.69) is 20.8 Å². The Labute approximate surface area is 95.4 Å². The molecular formula is C12H20BrN. The molecule has 0 aromatic heterocycles. The maximum absolute atomic E-state index is 3.69. The number of nitrogens with zero attached hydrogens (tertiary/aromatic N) is 1. The second-order valence-electron chi connectivity index (χ2n) is 5.62. The molecular weight excluding hydrogens is 238 g/mol. The molecule has 1 saturated carbocycles. The standard InChI is InChI=1S/C12H20BrN/c13-8-12(6-7-12)9-14-10-2-1-3-11(14)5-4-10/h10-11H,1-9H2. The SMILES string of the molecule is BrCC1(CN2C3CCCC2CC3)CC1. The largest absolute Gasteiger partial charge is 0.297 e. The van der Waals surface area contributed by atoms with Crippen molar-refractivity contribution in [1.29, 1.82) is 0 Å². The van der Waals surface area contributed by atoms with Crippen LogP contribution in [-0.4, -0.2) is 28.9 Å². The lowest BCUT2D eigenvalue weighted by molar-refractivity contribution is 0.116. The predicted octanol–water partition coefficient (Wildman–Crippen LogP) is 3.18. The molecule has 2 unspecified atom stereocenters. The highest BCUT2D eigenvalue weighted by molar-refractivity contribution is 9.09. The highest BCUT2D eigenvalue weighted by atomic mass is 79.9. The molecule has 0 aromatic carbocycles. The Morgan fingerprint density at radius 2 is 1.71 bits per heavy atom. The summed E-state index contributed by atoms with van der Waals surface area (Å²) in [6, 6.07) is 1.93. The third-order valence-electron chi connectivity index (χ3n) is 4.60. The molecule has 1 aliphatic carbocycles. The first kappa shape index (κ1) is 9.65. The fourth-order valence-electron chi connectivity index (χ4n) is 3.38. The average Bonchev–Trinajstić information content (AvgIpc) is 2.93. The van der Waals surface area contributed by atoms with Crippen molar-refractivity contribution in [2.75, 3.05) is 11.9 Å². The molecule has 0 N–H and O–H groups in total. The van der Waals surface area contributed by atoms with E-state index in [-0.39, 0.29) is 0 Å². The van der Waals surface area contributed by atoms with Crippen molar-refractivity contribution in [3.05, 3.63) is 0 Å². The molecule has 80 valence electrons. The second-order valence-corrected chi connectivity index (χ2v) is 6.18. The first-order valence-electron chi connectivity index (χ1n) is 6.15. The van der Waals surface area contributed by atoms with Gasteiger partial charge >= 0.3 is 0 Å². The quantitative estimate of drug-likeness (QED) is 0.703. The molecule has 2 aliphatic heterocycles. The van der Waals surface area contributed by atoms with Crippen LogP contribution in [0.2, 0.25) is 0 Å². The molecule has 2 saturated heterocycles. The number of piperidine rings is 1. The van der Waals surface area contributed by atoms with Crippen LogP contribution in [0.3, 0.4) is 0 Å². The Morgan fingerprint density at radius 3 is 2.21 bits per heavy atom. The highest BCUT2D eigenvalue weighted by Crippen LogP contribution is 2.50. The summed E-state index contributed by atoms with van der Waals surface area (Å²) < 4.78 is 0. The maximum atomic E-state index is 3.69. The summed E-state index contributed by atoms with van der Waals surface area (Å²) in [5, 5.41) is 1.23. The molecule has 1 nitrogen and oxygen atoms in total. The number of rotatable bonds is 3. The van der Waals surface area contributed by atoms with Crippen LogP contribution in [0.15, 0.2) is 0 Å². The summed E-state index contributed by atoms with van der Waals surface area (Å²) in [4.78, 5) is 2.86. The third kappa shape index (κ3) is 1.55. The molecule has 3 rings (SSSR count). The lowest BCUT2D eigenvalue weighted by atomic mass is 10.00. The molecule has 3 fully saturated rings. The molecule has 14 heavy (non-hydrogen) atoms. The van der Waals surface area contributed by atoms with Crippen molar-refractivity contribution in [3.8, 4) is 0 Å². The van der Waals surface area contributed by atoms with E-state index in [1.807, 2.05) is 0 Å². The van der Waals surface area contributed by atoms with Gasteiger partial charge < -0.3 is 0 Å². The molecule has 0 spiro atoms. The van der Waals surface area contributed by atoms with E-state index in [9.17, 15) is 0 Å². The van der Waals surface area contributed by atoms with Gasteiger partial charge in [0.05, 0.1) is 0 Å². The van der Waals surface area contributed by atoms with Crippen molar-refractivity contribution in [3.63, 3.8) is 0 Å². The molecule has 0 aromatic rings.